The second-order valence-electron chi connectivity index (χ2n) is 5.01. The van der Waals surface area contributed by atoms with Crippen LogP contribution in [0.1, 0.15) is 23.9 Å². The molecular formula is C15H21N5O. The van der Waals surface area contributed by atoms with Crippen LogP contribution in [-0.2, 0) is 24.9 Å². The minimum atomic E-state index is -0.0516. The number of hydrogen-bond acceptors (Lipinski definition) is 3. The molecule has 0 aliphatic rings. The van der Waals surface area contributed by atoms with E-state index in [-0.39, 0.29) is 5.91 Å². The van der Waals surface area contributed by atoms with Crippen LogP contribution in [0.5, 0.6) is 0 Å². The number of amides is 1. The van der Waals surface area contributed by atoms with Crippen LogP contribution < -0.4 is 0 Å². The van der Waals surface area contributed by atoms with E-state index in [4.69, 9.17) is 0 Å². The largest absolute Gasteiger partial charge is 0.336 e. The Balaban J connectivity index is 1.99. The Hall–Kier alpha value is -2.37. The van der Waals surface area contributed by atoms with Gasteiger partial charge in [0, 0.05) is 44.2 Å². The Bertz CT molecular complexity index is 653. The van der Waals surface area contributed by atoms with Crippen LogP contribution in [0.3, 0.4) is 0 Å². The first-order valence-electron chi connectivity index (χ1n) is 6.95. The SMILES string of the molecule is CCn1ncc(/C=C/C(=O)N(C)Cc2ccn(C)n2)c1C. The number of rotatable bonds is 5. The van der Waals surface area contributed by atoms with Gasteiger partial charge in [0.1, 0.15) is 0 Å². The number of nitrogens with zero attached hydrogens (tertiary/aromatic N) is 5. The van der Waals surface area contributed by atoms with Crippen molar-refractivity contribution in [3.63, 3.8) is 0 Å². The first kappa shape index (κ1) is 15.0. The second kappa shape index (κ2) is 6.39. The van der Waals surface area contributed by atoms with Crippen molar-refractivity contribution in [2.45, 2.75) is 26.9 Å². The summed E-state index contributed by atoms with van der Waals surface area (Å²) in [5.74, 6) is -0.0516. The van der Waals surface area contributed by atoms with E-state index in [0.717, 1.165) is 23.5 Å². The number of likely N-dealkylation sites (N-methyl/N-ethyl adjacent to an activating group) is 1. The second-order valence-corrected chi connectivity index (χ2v) is 5.01. The van der Waals surface area contributed by atoms with Crippen LogP contribution in [0.25, 0.3) is 6.08 Å². The van der Waals surface area contributed by atoms with Crippen molar-refractivity contribution < 1.29 is 4.79 Å². The van der Waals surface area contributed by atoms with Gasteiger partial charge in [0.25, 0.3) is 0 Å². The summed E-state index contributed by atoms with van der Waals surface area (Å²) in [5.41, 5.74) is 2.90. The van der Waals surface area contributed by atoms with E-state index in [0.29, 0.717) is 6.54 Å². The Morgan fingerprint density at radius 2 is 2.24 bits per heavy atom. The minimum Gasteiger partial charge on any atom is -0.336 e. The summed E-state index contributed by atoms with van der Waals surface area (Å²) in [6.07, 6.45) is 7.03. The fourth-order valence-electron chi connectivity index (χ4n) is 2.10. The first-order chi connectivity index (χ1) is 10.0. The number of aromatic nitrogens is 4. The van der Waals surface area contributed by atoms with E-state index in [9.17, 15) is 4.79 Å². The molecule has 0 aromatic carbocycles. The standard InChI is InChI=1S/C15H21N5O/c1-5-20-12(2)13(10-16-20)6-7-15(21)18(3)11-14-8-9-19(4)17-14/h6-10H,5,11H2,1-4H3/b7-6+. The molecule has 0 fully saturated rings. The normalized spacial score (nSPS) is 11.2. The molecule has 112 valence electrons. The molecule has 0 saturated heterocycles. The lowest BCUT2D eigenvalue weighted by atomic mass is 10.2. The minimum absolute atomic E-state index is 0.0516. The van der Waals surface area contributed by atoms with Crippen molar-refractivity contribution in [3.05, 3.63) is 41.5 Å². The maximum Gasteiger partial charge on any atom is 0.246 e. The highest BCUT2D eigenvalue weighted by Crippen LogP contribution is 2.09. The maximum absolute atomic E-state index is 12.1. The molecule has 0 radical (unpaired) electrons. The average molecular weight is 287 g/mol. The van der Waals surface area contributed by atoms with Crippen molar-refractivity contribution in [1.82, 2.24) is 24.5 Å². The van der Waals surface area contributed by atoms with E-state index in [2.05, 4.69) is 10.2 Å². The number of carbonyl (C=O) groups excluding carboxylic acids is 1. The molecule has 0 saturated carbocycles. The fourth-order valence-corrected chi connectivity index (χ4v) is 2.10. The topological polar surface area (TPSA) is 56.0 Å². The van der Waals surface area contributed by atoms with Gasteiger partial charge in [-0.2, -0.15) is 10.2 Å². The van der Waals surface area contributed by atoms with E-state index in [1.54, 1.807) is 28.9 Å². The van der Waals surface area contributed by atoms with Crippen molar-refractivity contribution in [3.8, 4) is 0 Å². The number of hydrogen-bond donors (Lipinski definition) is 0. The summed E-state index contributed by atoms with van der Waals surface area (Å²) >= 11 is 0. The smallest absolute Gasteiger partial charge is 0.246 e. The third-order valence-electron chi connectivity index (χ3n) is 3.39. The zero-order chi connectivity index (χ0) is 15.4. The van der Waals surface area contributed by atoms with Crippen LogP contribution in [0.15, 0.2) is 24.5 Å². The van der Waals surface area contributed by atoms with Crippen molar-refractivity contribution in [2.75, 3.05) is 7.05 Å². The van der Waals surface area contributed by atoms with Crippen molar-refractivity contribution in [1.29, 1.82) is 0 Å². The monoisotopic (exact) mass is 287 g/mol. The molecule has 0 bridgehead atoms. The molecule has 0 N–H and O–H groups in total. The first-order valence-corrected chi connectivity index (χ1v) is 6.95. The van der Waals surface area contributed by atoms with Gasteiger partial charge in [-0.15, -0.1) is 0 Å². The summed E-state index contributed by atoms with van der Waals surface area (Å²) in [5, 5.41) is 8.52. The van der Waals surface area contributed by atoms with Gasteiger partial charge < -0.3 is 4.90 Å². The molecular weight excluding hydrogens is 266 g/mol. The molecule has 21 heavy (non-hydrogen) atoms. The molecule has 0 unspecified atom stereocenters. The zero-order valence-corrected chi connectivity index (χ0v) is 12.9. The molecule has 6 heteroatoms. The lowest BCUT2D eigenvalue weighted by Crippen LogP contribution is -2.24. The van der Waals surface area contributed by atoms with Gasteiger partial charge >= 0.3 is 0 Å². The molecule has 2 rings (SSSR count). The van der Waals surface area contributed by atoms with Crippen LogP contribution >= 0.6 is 0 Å². The zero-order valence-electron chi connectivity index (χ0n) is 12.9. The molecule has 2 aromatic heterocycles. The third kappa shape index (κ3) is 3.59. The van der Waals surface area contributed by atoms with E-state index < -0.39 is 0 Å². The van der Waals surface area contributed by atoms with Crippen molar-refractivity contribution in [2.24, 2.45) is 7.05 Å². The van der Waals surface area contributed by atoms with E-state index in [1.165, 1.54) is 0 Å². The predicted octanol–water partition coefficient (Wildman–Crippen LogP) is 1.62. The average Bonchev–Trinajstić information content (AvgIpc) is 3.02. The molecule has 0 aliphatic heterocycles. The van der Waals surface area contributed by atoms with E-state index >= 15 is 0 Å². The Morgan fingerprint density at radius 3 is 2.81 bits per heavy atom. The van der Waals surface area contributed by atoms with Crippen LogP contribution in [-0.4, -0.2) is 37.4 Å². The lowest BCUT2D eigenvalue weighted by Gasteiger charge is -2.13. The quantitative estimate of drug-likeness (QED) is 0.785. The Morgan fingerprint density at radius 1 is 1.48 bits per heavy atom. The summed E-state index contributed by atoms with van der Waals surface area (Å²) in [7, 11) is 3.63. The molecule has 2 aromatic rings. The summed E-state index contributed by atoms with van der Waals surface area (Å²) in [6.45, 7) is 5.36. The van der Waals surface area contributed by atoms with Gasteiger partial charge in [-0.25, -0.2) is 0 Å². The van der Waals surface area contributed by atoms with Gasteiger partial charge in [-0.05, 0) is 26.0 Å². The summed E-state index contributed by atoms with van der Waals surface area (Å²) < 4.78 is 3.63. The molecule has 0 spiro atoms. The van der Waals surface area contributed by atoms with Crippen LogP contribution in [0.4, 0.5) is 0 Å². The molecule has 0 aliphatic carbocycles. The molecule has 1 amide bonds. The highest BCUT2D eigenvalue weighted by Gasteiger charge is 2.08. The highest BCUT2D eigenvalue weighted by atomic mass is 16.2. The summed E-state index contributed by atoms with van der Waals surface area (Å²) in [6, 6.07) is 1.91. The van der Waals surface area contributed by atoms with E-state index in [1.807, 2.05) is 43.9 Å². The summed E-state index contributed by atoms with van der Waals surface area (Å²) in [4.78, 5) is 13.7. The van der Waals surface area contributed by atoms with Crippen molar-refractivity contribution >= 4 is 12.0 Å². The number of aryl methyl sites for hydroxylation is 2. The fraction of sp³-hybridized carbons (Fsp3) is 0.400. The third-order valence-corrected chi connectivity index (χ3v) is 3.39. The maximum atomic E-state index is 12.1. The van der Waals surface area contributed by atoms with Gasteiger partial charge in [0.2, 0.25) is 5.91 Å². The van der Waals surface area contributed by atoms with Gasteiger partial charge in [-0.3, -0.25) is 14.2 Å². The highest BCUT2D eigenvalue weighted by molar-refractivity contribution is 5.91. The van der Waals surface area contributed by atoms with Crippen LogP contribution in [0, 0.1) is 6.92 Å². The number of carbonyl (C=O) groups is 1. The molecule has 6 nitrogen and oxygen atoms in total. The van der Waals surface area contributed by atoms with Crippen LogP contribution in [0.2, 0.25) is 0 Å². The van der Waals surface area contributed by atoms with Gasteiger partial charge in [0.05, 0.1) is 18.4 Å². The van der Waals surface area contributed by atoms with Gasteiger partial charge in [0.15, 0.2) is 0 Å². The Kier molecular flexibility index (Phi) is 4.57. The molecule has 2 heterocycles. The predicted molar refractivity (Wildman–Crippen MR) is 81.4 cm³/mol. The molecule has 0 atom stereocenters. The Labute approximate surface area is 124 Å². The lowest BCUT2D eigenvalue weighted by molar-refractivity contribution is -0.125. The van der Waals surface area contributed by atoms with Gasteiger partial charge in [-0.1, -0.05) is 0 Å².